The quantitative estimate of drug-likeness (QED) is 0.844. The average Bonchev–Trinajstić information content (AvgIpc) is 3.03. The molecule has 2 aromatic rings. The van der Waals surface area contributed by atoms with E-state index in [0.717, 1.165) is 38.2 Å². The maximum atomic E-state index is 11.1. The summed E-state index contributed by atoms with van der Waals surface area (Å²) in [5.74, 6) is 0.973. The third-order valence-electron chi connectivity index (χ3n) is 4.51. The van der Waals surface area contributed by atoms with Gasteiger partial charge in [-0.2, -0.15) is 0 Å². The normalized spacial score (nSPS) is 17.4. The van der Waals surface area contributed by atoms with Gasteiger partial charge in [-0.1, -0.05) is 42.5 Å². The van der Waals surface area contributed by atoms with Crippen molar-refractivity contribution in [2.45, 2.75) is 32.4 Å². The largest absolute Gasteiger partial charge is 0.493 e. The number of hydrogen-bond donors (Lipinski definition) is 1. The van der Waals surface area contributed by atoms with Crippen molar-refractivity contribution >= 4 is 5.91 Å². The third kappa shape index (κ3) is 5.61. The van der Waals surface area contributed by atoms with Crippen LogP contribution in [0.1, 0.15) is 24.5 Å². The number of nitrogens with one attached hydrogen (secondary N) is 1. The number of carbonyl (C=O) groups is 1. The minimum atomic E-state index is 0.0591. The Bertz CT molecular complexity index is 670. The second kappa shape index (κ2) is 8.67. The first kappa shape index (κ1) is 17.5. The molecule has 2 aromatic carbocycles. The first-order valence-corrected chi connectivity index (χ1v) is 8.94. The fourth-order valence-electron chi connectivity index (χ4n) is 3.26. The minimum Gasteiger partial charge on any atom is -0.493 e. The van der Waals surface area contributed by atoms with Crippen LogP contribution in [-0.4, -0.2) is 36.5 Å². The Balaban J connectivity index is 1.42. The molecule has 0 radical (unpaired) electrons. The topological polar surface area (TPSA) is 41.6 Å². The zero-order valence-electron chi connectivity index (χ0n) is 14.8. The van der Waals surface area contributed by atoms with Gasteiger partial charge in [-0.15, -0.1) is 0 Å². The predicted octanol–water partition coefficient (Wildman–Crippen LogP) is 3.02. The first-order valence-electron chi connectivity index (χ1n) is 8.94. The molecule has 4 nitrogen and oxygen atoms in total. The van der Waals surface area contributed by atoms with Crippen LogP contribution >= 0.6 is 0 Å². The molecule has 1 saturated heterocycles. The van der Waals surface area contributed by atoms with Gasteiger partial charge in [0.25, 0.3) is 0 Å². The lowest BCUT2D eigenvalue weighted by atomic mass is 10.2. The van der Waals surface area contributed by atoms with Gasteiger partial charge in [0.2, 0.25) is 5.91 Å². The van der Waals surface area contributed by atoms with Crippen molar-refractivity contribution < 1.29 is 9.53 Å². The average molecular weight is 338 g/mol. The molecule has 0 bridgehead atoms. The molecule has 1 N–H and O–H groups in total. The van der Waals surface area contributed by atoms with Gasteiger partial charge in [-0.3, -0.25) is 9.69 Å². The SMILES string of the molecule is CC(=O)N[C@@H]1CCN(Cc2ccc(OCCc3ccccc3)cc2)C1. The second-order valence-corrected chi connectivity index (χ2v) is 6.65. The zero-order valence-corrected chi connectivity index (χ0v) is 14.8. The summed E-state index contributed by atoms with van der Waals surface area (Å²) in [6, 6.07) is 19.0. The molecule has 0 aromatic heterocycles. The fraction of sp³-hybridized carbons (Fsp3) is 0.381. The Kier molecular flexibility index (Phi) is 6.07. The van der Waals surface area contributed by atoms with E-state index in [0.29, 0.717) is 6.61 Å². The van der Waals surface area contributed by atoms with Gasteiger partial charge >= 0.3 is 0 Å². The van der Waals surface area contributed by atoms with Crippen LogP contribution < -0.4 is 10.1 Å². The van der Waals surface area contributed by atoms with Crippen molar-refractivity contribution in [3.05, 3.63) is 65.7 Å². The lowest BCUT2D eigenvalue weighted by Gasteiger charge is -2.16. The van der Waals surface area contributed by atoms with Gasteiger partial charge in [0.1, 0.15) is 5.75 Å². The number of rotatable bonds is 7. The summed E-state index contributed by atoms with van der Waals surface area (Å²) < 4.78 is 5.83. The molecule has 0 saturated carbocycles. The molecular weight excluding hydrogens is 312 g/mol. The van der Waals surface area contributed by atoms with E-state index in [1.807, 2.05) is 18.2 Å². The van der Waals surface area contributed by atoms with Crippen molar-refractivity contribution in [1.29, 1.82) is 0 Å². The van der Waals surface area contributed by atoms with Crippen molar-refractivity contribution in [2.75, 3.05) is 19.7 Å². The number of benzene rings is 2. The van der Waals surface area contributed by atoms with E-state index in [4.69, 9.17) is 4.74 Å². The lowest BCUT2D eigenvalue weighted by molar-refractivity contribution is -0.119. The standard InChI is InChI=1S/C21H26N2O2/c1-17(24)22-20-11-13-23(16-20)15-19-7-9-21(10-8-19)25-14-12-18-5-3-2-4-6-18/h2-10,20H,11-16H2,1H3,(H,22,24)/t20-/m1/s1. The van der Waals surface area contributed by atoms with Crippen LogP contribution in [0.15, 0.2) is 54.6 Å². The lowest BCUT2D eigenvalue weighted by Crippen LogP contribution is -2.35. The summed E-state index contributed by atoms with van der Waals surface area (Å²) >= 11 is 0. The Morgan fingerprint density at radius 2 is 1.88 bits per heavy atom. The van der Waals surface area contributed by atoms with E-state index < -0.39 is 0 Å². The summed E-state index contributed by atoms with van der Waals surface area (Å²) in [5.41, 5.74) is 2.57. The number of likely N-dealkylation sites (tertiary alicyclic amines) is 1. The smallest absolute Gasteiger partial charge is 0.217 e. The summed E-state index contributed by atoms with van der Waals surface area (Å²) in [6.07, 6.45) is 1.95. The number of nitrogens with zero attached hydrogens (tertiary/aromatic N) is 1. The Morgan fingerprint density at radius 3 is 2.60 bits per heavy atom. The predicted molar refractivity (Wildman–Crippen MR) is 99.6 cm³/mol. The second-order valence-electron chi connectivity index (χ2n) is 6.65. The van der Waals surface area contributed by atoms with Gasteiger partial charge in [0, 0.05) is 39.0 Å². The van der Waals surface area contributed by atoms with Gasteiger partial charge < -0.3 is 10.1 Å². The molecule has 1 aliphatic rings. The molecule has 132 valence electrons. The van der Waals surface area contributed by atoms with E-state index >= 15 is 0 Å². The Labute approximate surface area is 149 Å². The number of ether oxygens (including phenoxy) is 1. The summed E-state index contributed by atoms with van der Waals surface area (Å²) in [6.45, 7) is 5.14. The van der Waals surface area contributed by atoms with Crippen molar-refractivity contribution in [3.8, 4) is 5.75 Å². The van der Waals surface area contributed by atoms with Gasteiger partial charge in [0.15, 0.2) is 0 Å². The molecule has 25 heavy (non-hydrogen) atoms. The summed E-state index contributed by atoms with van der Waals surface area (Å²) in [4.78, 5) is 13.5. The molecule has 1 aliphatic heterocycles. The van der Waals surface area contributed by atoms with E-state index in [1.54, 1.807) is 6.92 Å². The molecule has 0 unspecified atom stereocenters. The number of hydrogen-bond acceptors (Lipinski definition) is 3. The molecule has 0 aliphatic carbocycles. The van der Waals surface area contributed by atoms with Crippen LogP contribution in [0.2, 0.25) is 0 Å². The van der Waals surface area contributed by atoms with Crippen molar-refractivity contribution in [1.82, 2.24) is 10.2 Å². The van der Waals surface area contributed by atoms with E-state index in [-0.39, 0.29) is 11.9 Å². The van der Waals surface area contributed by atoms with Crippen molar-refractivity contribution in [3.63, 3.8) is 0 Å². The van der Waals surface area contributed by atoms with Gasteiger partial charge in [0.05, 0.1) is 6.61 Å². The third-order valence-corrected chi connectivity index (χ3v) is 4.51. The van der Waals surface area contributed by atoms with Crippen LogP contribution in [0.25, 0.3) is 0 Å². The molecule has 1 atom stereocenters. The van der Waals surface area contributed by atoms with Crippen LogP contribution in [0, 0.1) is 0 Å². The molecule has 4 heteroatoms. The van der Waals surface area contributed by atoms with Crippen LogP contribution in [0.4, 0.5) is 0 Å². The van der Waals surface area contributed by atoms with Gasteiger partial charge in [-0.25, -0.2) is 0 Å². The highest BCUT2D eigenvalue weighted by molar-refractivity contribution is 5.73. The Morgan fingerprint density at radius 1 is 1.12 bits per heavy atom. The number of amides is 1. The monoisotopic (exact) mass is 338 g/mol. The fourth-order valence-corrected chi connectivity index (χ4v) is 3.26. The van der Waals surface area contributed by atoms with Crippen molar-refractivity contribution in [2.24, 2.45) is 0 Å². The maximum Gasteiger partial charge on any atom is 0.217 e. The molecular formula is C21H26N2O2. The molecule has 1 heterocycles. The summed E-state index contributed by atoms with van der Waals surface area (Å²) in [7, 11) is 0. The molecule has 1 fully saturated rings. The van der Waals surface area contributed by atoms with E-state index in [9.17, 15) is 4.79 Å². The molecule has 0 spiro atoms. The van der Waals surface area contributed by atoms with Crippen LogP contribution in [-0.2, 0) is 17.8 Å². The van der Waals surface area contributed by atoms with Gasteiger partial charge in [-0.05, 0) is 29.7 Å². The highest BCUT2D eigenvalue weighted by atomic mass is 16.5. The minimum absolute atomic E-state index is 0.0591. The first-order chi connectivity index (χ1) is 12.2. The van der Waals surface area contributed by atoms with Crippen LogP contribution in [0.3, 0.4) is 0 Å². The number of carbonyl (C=O) groups excluding carboxylic acids is 1. The zero-order chi connectivity index (χ0) is 17.5. The summed E-state index contributed by atoms with van der Waals surface area (Å²) in [5, 5.41) is 3.00. The highest BCUT2D eigenvalue weighted by Gasteiger charge is 2.22. The Hall–Kier alpha value is -2.33. The maximum absolute atomic E-state index is 11.1. The van der Waals surface area contributed by atoms with E-state index in [1.165, 1.54) is 11.1 Å². The molecule has 3 rings (SSSR count). The van der Waals surface area contributed by atoms with E-state index in [2.05, 4.69) is 46.6 Å². The highest BCUT2D eigenvalue weighted by Crippen LogP contribution is 2.17. The van der Waals surface area contributed by atoms with Crippen LogP contribution in [0.5, 0.6) is 5.75 Å². The molecule has 1 amide bonds.